The van der Waals surface area contributed by atoms with Crippen LogP contribution in [0.5, 0.6) is 0 Å². The maximum atomic E-state index is 12.9. The monoisotopic (exact) mass is 211 g/mol. The van der Waals surface area contributed by atoms with E-state index in [2.05, 4.69) is 0 Å². The summed E-state index contributed by atoms with van der Waals surface area (Å²) in [4.78, 5) is 10.9. The molecule has 0 fully saturated rings. The number of carbonyl (C=O) groups is 1. The van der Waals surface area contributed by atoms with E-state index in [4.69, 9.17) is 5.73 Å². The molecule has 0 aromatic heterocycles. The van der Waals surface area contributed by atoms with Crippen LogP contribution in [0.2, 0.25) is 0 Å². The first kappa shape index (κ1) is 12.8. The van der Waals surface area contributed by atoms with E-state index >= 15 is 0 Å². The lowest BCUT2D eigenvalue weighted by molar-refractivity contribution is -0.134. The summed E-state index contributed by atoms with van der Waals surface area (Å²) >= 11 is 0.681. The lowest BCUT2D eigenvalue weighted by atomic mass is 10.1. The van der Waals surface area contributed by atoms with E-state index in [1.165, 1.54) is 6.92 Å². The molecule has 1 unspecified atom stereocenters. The Kier molecular flexibility index (Phi) is 5.48. The summed E-state index contributed by atoms with van der Waals surface area (Å²) in [6.45, 7) is 3.30. The molecule has 13 heavy (non-hydrogen) atoms. The van der Waals surface area contributed by atoms with Gasteiger partial charge in [0.25, 0.3) is 5.12 Å². The Morgan fingerprint density at radius 1 is 1.62 bits per heavy atom. The Balaban J connectivity index is 4.03. The molecule has 0 heterocycles. The van der Waals surface area contributed by atoms with Gasteiger partial charge in [-0.3, -0.25) is 4.79 Å². The molecule has 78 valence electrons. The number of rotatable bonds is 5. The van der Waals surface area contributed by atoms with Gasteiger partial charge in [0.15, 0.2) is 0 Å². The summed E-state index contributed by atoms with van der Waals surface area (Å²) in [5.41, 5.74) is 5.20. The van der Waals surface area contributed by atoms with Gasteiger partial charge in [0.05, 0.1) is 0 Å². The number of alkyl halides is 2. The molecule has 0 spiro atoms. The van der Waals surface area contributed by atoms with E-state index in [0.29, 0.717) is 23.9 Å². The van der Waals surface area contributed by atoms with E-state index in [0.717, 1.165) is 0 Å². The minimum atomic E-state index is -3.27. The van der Waals surface area contributed by atoms with Crippen molar-refractivity contribution in [3.63, 3.8) is 0 Å². The Morgan fingerprint density at radius 3 is 2.54 bits per heavy atom. The number of thioether (sulfide) groups is 1. The molecule has 5 heteroatoms. The van der Waals surface area contributed by atoms with Crippen molar-refractivity contribution in [2.75, 3.05) is 5.75 Å². The van der Waals surface area contributed by atoms with E-state index in [1.54, 1.807) is 0 Å². The van der Waals surface area contributed by atoms with E-state index in [1.807, 2.05) is 6.92 Å². The molecule has 0 aromatic rings. The third-order valence-electron chi connectivity index (χ3n) is 1.31. The summed E-state index contributed by atoms with van der Waals surface area (Å²) in [7, 11) is 0. The molecule has 0 amide bonds. The Bertz CT molecular complexity index is 174. The highest BCUT2D eigenvalue weighted by Gasteiger charge is 2.39. The average molecular weight is 211 g/mol. The van der Waals surface area contributed by atoms with E-state index in [-0.39, 0.29) is 0 Å². The van der Waals surface area contributed by atoms with Crippen LogP contribution in [0.3, 0.4) is 0 Å². The van der Waals surface area contributed by atoms with Crippen molar-refractivity contribution in [3.8, 4) is 0 Å². The van der Waals surface area contributed by atoms with Gasteiger partial charge in [0, 0.05) is 18.2 Å². The van der Waals surface area contributed by atoms with Gasteiger partial charge in [0.1, 0.15) is 0 Å². The summed E-state index contributed by atoms with van der Waals surface area (Å²) < 4.78 is 25.9. The molecule has 0 aliphatic carbocycles. The molecule has 0 rings (SSSR count). The van der Waals surface area contributed by atoms with Crippen LogP contribution in [0.4, 0.5) is 8.78 Å². The predicted octanol–water partition coefficient (Wildman–Crippen LogP) is 2.03. The molecule has 0 aliphatic heterocycles. The zero-order valence-electron chi connectivity index (χ0n) is 7.85. The van der Waals surface area contributed by atoms with Gasteiger partial charge in [-0.2, -0.15) is 8.78 Å². The number of carbonyl (C=O) groups excluding carboxylic acids is 1. The molecule has 0 saturated carbocycles. The van der Waals surface area contributed by atoms with Crippen molar-refractivity contribution in [2.45, 2.75) is 38.7 Å². The van der Waals surface area contributed by atoms with Gasteiger partial charge in [-0.05, 0) is 13.3 Å². The molecule has 0 saturated heterocycles. The topological polar surface area (TPSA) is 43.1 Å². The predicted molar refractivity (Wildman–Crippen MR) is 51.0 cm³/mol. The van der Waals surface area contributed by atoms with Crippen LogP contribution in [-0.4, -0.2) is 22.8 Å². The van der Waals surface area contributed by atoms with Crippen LogP contribution in [-0.2, 0) is 4.79 Å². The Labute approximate surface area is 81.2 Å². The molecule has 1 atom stereocenters. The maximum Gasteiger partial charge on any atom is 0.316 e. The highest BCUT2D eigenvalue weighted by Crippen LogP contribution is 2.26. The quantitative estimate of drug-likeness (QED) is 0.756. The van der Waals surface area contributed by atoms with Gasteiger partial charge in [-0.1, -0.05) is 18.7 Å². The van der Waals surface area contributed by atoms with E-state index in [9.17, 15) is 13.6 Å². The second-order valence-electron chi connectivity index (χ2n) is 3.02. The number of hydrogen-bond acceptors (Lipinski definition) is 3. The third kappa shape index (κ3) is 5.21. The van der Waals surface area contributed by atoms with Crippen molar-refractivity contribution in [1.82, 2.24) is 0 Å². The summed E-state index contributed by atoms with van der Waals surface area (Å²) in [6, 6.07) is -0.652. The summed E-state index contributed by atoms with van der Waals surface area (Å²) in [5, 5.41) is -1.06. The molecule has 0 radical (unpaired) electrons. The first-order valence-electron chi connectivity index (χ1n) is 4.20. The highest BCUT2D eigenvalue weighted by molar-refractivity contribution is 8.13. The van der Waals surface area contributed by atoms with Crippen LogP contribution in [0, 0.1) is 0 Å². The van der Waals surface area contributed by atoms with Crippen molar-refractivity contribution in [3.05, 3.63) is 0 Å². The fourth-order valence-corrected chi connectivity index (χ4v) is 1.47. The second-order valence-corrected chi connectivity index (χ2v) is 4.09. The van der Waals surface area contributed by atoms with Crippen LogP contribution < -0.4 is 5.73 Å². The highest BCUT2D eigenvalue weighted by atomic mass is 32.2. The van der Waals surface area contributed by atoms with Crippen LogP contribution in [0.15, 0.2) is 0 Å². The molecule has 0 bridgehead atoms. The summed E-state index contributed by atoms with van der Waals surface area (Å²) in [5.74, 6) is -2.83. The Morgan fingerprint density at radius 2 is 2.15 bits per heavy atom. The minimum absolute atomic E-state index is 0.438. The van der Waals surface area contributed by atoms with Crippen LogP contribution in [0.25, 0.3) is 0 Å². The fraction of sp³-hybridized carbons (Fsp3) is 0.875. The van der Waals surface area contributed by atoms with Gasteiger partial charge >= 0.3 is 5.92 Å². The molecular formula is C8H15F2NOS. The number of halogens is 2. The standard InChI is InChI=1S/C8H15F2NOS/c1-3-4-13-7(12)8(9,10)5-6(2)11/h6H,3-5,11H2,1-2H3. The van der Waals surface area contributed by atoms with Crippen molar-refractivity contribution in [2.24, 2.45) is 5.73 Å². The summed E-state index contributed by atoms with van der Waals surface area (Å²) in [6.07, 6.45) is 0.146. The maximum absolute atomic E-state index is 12.9. The molecule has 0 aromatic carbocycles. The normalized spacial score (nSPS) is 14.2. The lowest BCUT2D eigenvalue weighted by Crippen LogP contribution is -2.33. The van der Waals surface area contributed by atoms with Gasteiger partial charge in [-0.25, -0.2) is 0 Å². The first-order chi connectivity index (χ1) is 5.90. The van der Waals surface area contributed by atoms with Crippen molar-refractivity contribution < 1.29 is 13.6 Å². The second kappa shape index (κ2) is 5.54. The van der Waals surface area contributed by atoms with Gasteiger partial charge < -0.3 is 5.73 Å². The molecule has 2 nitrogen and oxygen atoms in total. The molecule has 2 N–H and O–H groups in total. The minimum Gasteiger partial charge on any atom is -0.328 e. The average Bonchev–Trinajstić information content (AvgIpc) is 1.97. The van der Waals surface area contributed by atoms with Crippen LogP contribution in [0.1, 0.15) is 26.7 Å². The zero-order valence-corrected chi connectivity index (χ0v) is 8.66. The molecule has 0 aliphatic rings. The fourth-order valence-electron chi connectivity index (χ4n) is 0.788. The van der Waals surface area contributed by atoms with Gasteiger partial charge in [0.2, 0.25) is 0 Å². The lowest BCUT2D eigenvalue weighted by Gasteiger charge is -2.15. The Hall–Kier alpha value is -0.160. The van der Waals surface area contributed by atoms with Crippen molar-refractivity contribution in [1.29, 1.82) is 0 Å². The van der Waals surface area contributed by atoms with Gasteiger partial charge in [-0.15, -0.1) is 0 Å². The van der Waals surface area contributed by atoms with Crippen molar-refractivity contribution >= 4 is 16.9 Å². The SMILES string of the molecule is CCCSC(=O)C(F)(F)CC(C)N. The number of hydrogen-bond donors (Lipinski definition) is 1. The largest absolute Gasteiger partial charge is 0.328 e. The smallest absolute Gasteiger partial charge is 0.316 e. The van der Waals surface area contributed by atoms with Crippen LogP contribution >= 0.6 is 11.8 Å². The third-order valence-corrected chi connectivity index (χ3v) is 2.49. The molecular weight excluding hydrogens is 196 g/mol. The first-order valence-corrected chi connectivity index (χ1v) is 5.19. The van der Waals surface area contributed by atoms with E-state index < -0.39 is 23.5 Å². The number of nitrogens with two attached hydrogens (primary N) is 1. The zero-order chi connectivity index (χ0) is 10.5.